The summed E-state index contributed by atoms with van der Waals surface area (Å²) >= 11 is 6.01. The lowest BCUT2D eigenvalue weighted by atomic mass is 10.0. The first kappa shape index (κ1) is 25.9. The molecule has 36 heavy (non-hydrogen) atoms. The van der Waals surface area contributed by atoms with Gasteiger partial charge in [0.15, 0.2) is 0 Å². The predicted octanol–water partition coefficient (Wildman–Crippen LogP) is 4.96. The summed E-state index contributed by atoms with van der Waals surface area (Å²) in [6.07, 6.45) is 2.33. The van der Waals surface area contributed by atoms with Crippen LogP contribution >= 0.6 is 11.6 Å². The molecule has 3 aromatic rings. The van der Waals surface area contributed by atoms with E-state index in [-0.39, 0.29) is 36.7 Å². The number of halogens is 2. The molecular weight excluding hydrogens is 479 g/mol. The summed E-state index contributed by atoms with van der Waals surface area (Å²) < 4.78 is 19.2. The monoisotopic (exact) mass is 508 g/mol. The maximum atomic E-state index is 13.7. The number of ether oxygens (including phenoxy) is 1. The van der Waals surface area contributed by atoms with Crippen LogP contribution in [0.2, 0.25) is 5.02 Å². The molecule has 1 aliphatic heterocycles. The van der Waals surface area contributed by atoms with Crippen molar-refractivity contribution in [3.05, 3.63) is 106 Å². The van der Waals surface area contributed by atoms with Gasteiger partial charge in [0, 0.05) is 31.1 Å². The van der Waals surface area contributed by atoms with Crippen LogP contribution in [0.5, 0.6) is 0 Å². The van der Waals surface area contributed by atoms with Crippen LogP contribution in [0.25, 0.3) is 0 Å². The molecule has 0 radical (unpaired) electrons. The average Bonchev–Trinajstić information content (AvgIpc) is 3.41. The van der Waals surface area contributed by atoms with E-state index in [4.69, 9.17) is 16.3 Å². The van der Waals surface area contributed by atoms with Gasteiger partial charge in [-0.15, -0.1) is 0 Å². The van der Waals surface area contributed by atoms with E-state index < -0.39 is 6.04 Å². The lowest BCUT2D eigenvalue weighted by molar-refractivity contribution is -0.141. The second kappa shape index (κ2) is 12.7. The number of hydrogen-bond donors (Lipinski definition) is 1. The second-order valence-corrected chi connectivity index (χ2v) is 9.47. The molecule has 188 valence electrons. The molecule has 0 saturated carbocycles. The van der Waals surface area contributed by atoms with Crippen LogP contribution in [-0.4, -0.2) is 42.0 Å². The molecule has 0 aromatic heterocycles. The second-order valence-electron chi connectivity index (χ2n) is 9.04. The average molecular weight is 509 g/mol. The molecule has 0 unspecified atom stereocenters. The van der Waals surface area contributed by atoms with Gasteiger partial charge in [-0.2, -0.15) is 0 Å². The molecule has 0 spiro atoms. The molecule has 2 atom stereocenters. The van der Waals surface area contributed by atoms with Crippen LogP contribution in [-0.2, 0) is 33.7 Å². The third-order valence-electron chi connectivity index (χ3n) is 6.33. The maximum Gasteiger partial charge on any atom is 0.243 e. The van der Waals surface area contributed by atoms with Gasteiger partial charge in [0.05, 0.1) is 12.5 Å². The van der Waals surface area contributed by atoms with Crippen LogP contribution in [0.1, 0.15) is 29.5 Å². The summed E-state index contributed by atoms with van der Waals surface area (Å²) in [6, 6.07) is 22.0. The Labute approximate surface area is 216 Å². The highest BCUT2D eigenvalue weighted by Crippen LogP contribution is 2.18. The van der Waals surface area contributed by atoms with Crippen LogP contribution in [0.15, 0.2) is 78.9 Å². The smallest absolute Gasteiger partial charge is 0.243 e. The molecular formula is C29H30ClFN2O3. The molecule has 0 aliphatic carbocycles. The summed E-state index contributed by atoms with van der Waals surface area (Å²) in [7, 11) is 0. The van der Waals surface area contributed by atoms with Gasteiger partial charge >= 0.3 is 0 Å². The number of rotatable bonds is 10. The largest absolute Gasteiger partial charge is 0.376 e. The fourth-order valence-corrected chi connectivity index (χ4v) is 4.48. The lowest BCUT2D eigenvalue weighted by Crippen LogP contribution is -2.52. The fraction of sp³-hybridized carbons (Fsp3) is 0.310. The van der Waals surface area contributed by atoms with Crippen molar-refractivity contribution in [2.75, 3.05) is 13.2 Å². The molecule has 3 aromatic carbocycles. The van der Waals surface area contributed by atoms with E-state index in [1.807, 2.05) is 30.3 Å². The lowest BCUT2D eigenvalue weighted by Gasteiger charge is -2.32. The van der Waals surface area contributed by atoms with E-state index in [2.05, 4.69) is 5.32 Å². The van der Waals surface area contributed by atoms with Gasteiger partial charge in [-0.25, -0.2) is 4.39 Å². The first-order valence-electron chi connectivity index (χ1n) is 12.2. The summed E-state index contributed by atoms with van der Waals surface area (Å²) in [5.74, 6) is -0.788. The summed E-state index contributed by atoms with van der Waals surface area (Å²) in [6.45, 7) is 1.28. The number of carbonyl (C=O) groups is 2. The maximum absolute atomic E-state index is 13.7. The first-order chi connectivity index (χ1) is 17.5. The molecule has 7 heteroatoms. The Bertz CT molecular complexity index is 1130. The number of nitrogens with one attached hydrogen (secondary N) is 1. The Morgan fingerprint density at radius 3 is 2.33 bits per heavy atom. The summed E-state index contributed by atoms with van der Waals surface area (Å²) in [5, 5.41) is 3.60. The van der Waals surface area contributed by atoms with Crippen molar-refractivity contribution >= 4 is 23.4 Å². The van der Waals surface area contributed by atoms with Gasteiger partial charge in [0.2, 0.25) is 11.8 Å². The Hall–Kier alpha value is -3.22. The summed E-state index contributed by atoms with van der Waals surface area (Å²) in [4.78, 5) is 28.8. The molecule has 1 N–H and O–H groups in total. The molecule has 0 bridgehead atoms. The van der Waals surface area contributed by atoms with Crippen LogP contribution < -0.4 is 5.32 Å². The van der Waals surface area contributed by atoms with Gasteiger partial charge in [-0.3, -0.25) is 9.59 Å². The van der Waals surface area contributed by atoms with E-state index in [1.54, 1.807) is 41.3 Å². The van der Waals surface area contributed by atoms with Gasteiger partial charge < -0.3 is 15.0 Å². The molecule has 2 amide bonds. The Balaban J connectivity index is 1.61. The molecule has 1 saturated heterocycles. The van der Waals surface area contributed by atoms with Crippen molar-refractivity contribution in [2.24, 2.45) is 0 Å². The summed E-state index contributed by atoms with van der Waals surface area (Å²) in [5.41, 5.74) is 2.48. The molecule has 1 heterocycles. The topological polar surface area (TPSA) is 58.6 Å². The molecule has 1 aliphatic rings. The Morgan fingerprint density at radius 2 is 1.67 bits per heavy atom. The van der Waals surface area contributed by atoms with Gasteiger partial charge in [0.25, 0.3) is 0 Å². The Morgan fingerprint density at radius 1 is 0.972 bits per heavy atom. The standard InChI is InChI=1S/C29H30ClFN2O3/c30-24-12-8-22(9-13-24)18-28(34)33(20-23-10-14-25(31)15-11-23)27(17-21-5-2-1-3-6-21)29(35)32-19-26-7-4-16-36-26/h1-3,5-6,8-15,26-27H,4,7,16-20H2,(H,32,35)/t26-,27-/m0/s1. The normalized spacial score (nSPS) is 15.9. The van der Waals surface area contributed by atoms with Crippen molar-refractivity contribution in [3.8, 4) is 0 Å². The molecule has 5 nitrogen and oxygen atoms in total. The zero-order valence-corrected chi connectivity index (χ0v) is 20.8. The quantitative estimate of drug-likeness (QED) is 0.421. The fourth-order valence-electron chi connectivity index (χ4n) is 4.36. The van der Waals surface area contributed by atoms with Crippen molar-refractivity contribution in [2.45, 2.75) is 44.4 Å². The van der Waals surface area contributed by atoms with E-state index in [9.17, 15) is 14.0 Å². The number of carbonyl (C=O) groups excluding carboxylic acids is 2. The minimum Gasteiger partial charge on any atom is -0.376 e. The predicted molar refractivity (Wildman–Crippen MR) is 138 cm³/mol. The third kappa shape index (κ3) is 7.39. The minimum atomic E-state index is -0.751. The van der Waals surface area contributed by atoms with Crippen LogP contribution in [0.3, 0.4) is 0 Å². The van der Waals surface area contributed by atoms with Gasteiger partial charge in [-0.05, 0) is 53.8 Å². The van der Waals surface area contributed by atoms with Gasteiger partial charge in [-0.1, -0.05) is 66.2 Å². The number of amides is 2. The number of nitrogens with zero attached hydrogens (tertiary/aromatic N) is 1. The van der Waals surface area contributed by atoms with Crippen LogP contribution in [0, 0.1) is 5.82 Å². The van der Waals surface area contributed by atoms with E-state index in [0.717, 1.165) is 29.5 Å². The number of benzene rings is 3. The first-order valence-corrected chi connectivity index (χ1v) is 12.6. The highest BCUT2D eigenvalue weighted by atomic mass is 35.5. The highest BCUT2D eigenvalue weighted by molar-refractivity contribution is 6.30. The number of hydrogen-bond acceptors (Lipinski definition) is 3. The van der Waals surface area contributed by atoms with Crippen molar-refractivity contribution in [1.82, 2.24) is 10.2 Å². The SMILES string of the molecule is O=C(NC[C@@H]1CCCO1)[C@H](Cc1ccccc1)N(Cc1ccc(F)cc1)C(=O)Cc1ccc(Cl)cc1. The zero-order valence-electron chi connectivity index (χ0n) is 20.0. The molecule has 4 rings (SSSR count). The van der Waals surface area contributed by atoms with E-state index in [0.29, 0.717) is 24.6 Å². The zero-order chi connectivity index (χ0) is 25.3. The van der Waals surface area contributed by atoms with Gasteiger partial charge in [0.1, 0.15) is 11.9 Å². The van der Waals surface area contributed by atoms with E-state index in [1.165, 1.54) is 12.1 Å². The minimum absolute atomic E-state index is 0.0124. The Kier molecular flexibility index (Phi) is 9.09. The third-order valence-corrected chi connectivity index (χ3v) is 6.59. The highest BCUT2D eigenvalue weighted by Gasteiger charge is 2.31. The van der Waals surface area contributed by atoms with Crippen LogP contribution in [0.4, 0.5) is 4.39 Å². The van der Waals surface area contributed by atoms with Crippen molar-refractivity contribution < 1.29 is 18.7 Å². The molecule has 1 fully saturated rings. The van der Waals surface area contributed by atoms with E-state index >= 15 is 0 Å². The van der Waals surface area contributed by atoms with Crippen molar-refractivity contribution in [3.63, 3.8) is 0 Å². The van der Waals surface area contributed by atoms with Crippen molar-refractivity contribution in [1.29, 1.82) is 0 Å².